The molecule has 0 fully saturated rings. The van der Waals surface area contributed by atoms with Crippen LogP contribution >= 0.6 is 35.7 Å². The van der Waals surface area contributed by atoms with Crippen molar-refractivity contribution in [3.05, 3.63) is 30.1 Å². The number of nitrogens with two attached hydrogens (primary N) is 1. The predicted octanol–water partition coefficient (Wildman–Crippen LogP) is 2.85. The number of thioether (sulfide) groups is 1. The van der Waals surface area contributed by atoms with Gasteiger partial charge in [0.05, 0.1) is 6.54 Å². The van der Waals surface area contributed by atoms with Crippen LogP contribution in [0, 0.1) is 5.82 Å². The van der Waals surface area contributed by atoms with Crippen LogP contribution in [0.15, 0.2) is 34.2 Å². The highest BCUT2D eigenvalue weighted by atomic mass is 127. The van der Waals surface area contributed by atoms with E-state index in [4.69, 9.17) is 5.73 Å². The molecule has 0 saturated heterocycles. The molecular formula is C12H19FIN3S. The van der Waals surface area contributed by atoms with Gasteiger partial charge in [0.15, 0.2) is 5.96 Å². The van der Waals surface area contributed by atoms with Crippen LogP contribution in [0.2, 0.25) is 0 Å². The van der Waals surface area contributed by atoms with Crippen molar-refractivity contribution in [1.82, 2.24) is 5.32 Å². The highest BCUT2D eigenvalue weighted by molar-refractivity contribution is 14.0. The van der Waals surface area contributed by atoms with Crippen molar-refractivity contribution in [3.8, 4) is 0 Å². The number of guanidine groups is 1. The van der Waals surface area contributed by atoms with Gasteiger partial charge < -0.3 is 11.1 Å². The predicted molar refractivity (Wildman–Crippen MR) is 87.3 cm³/mol. The molecule has 0 aliphatic rings. The molecule has 1 aromatic carbocycles. The maximum atomic E-state index is 12.6. The van der Waals surface area contributed by atoms with Crippen LogP contribution < -0.4 is 11.1 Å². The van der Waals surface area contributed by atoms with Crippen LogP contribution in [0.5, 0.6) is 0 Å². The summed E-state index contributed by atoms with van der Waals surface area (Å²) in [6, 6.07) is 6.74. The van der Waals surface area contributed by atoms with Crippen LogP contribution in [0.1, 0.15) is 13.8 Å². The van der Waals surface area contributed by atoms with Crippen LogP contribution in [0.25, 0.3) is 0 Å². The minimum absolute atomic E-state index is 0. The summed E-state index contributed by atoms with van der Waals surface area (Å²) in [6.45, 7) is 4.67. The highest BCUT2D eigenvalue weighted by Gasteiger charge is 1.96. The molecule has 6 heteroatoms. The van der Waals surface area contributed by atoms with Crippen molar-refractivity contribution in [2.45, 2.75) is 24.8 Å². The summed E-state index contributed by atoms with van der Waals surface area (Å²) in [7, 11) is 0. The molecule has 0 amide bonds. The van der Waals surface area contributed by atoms with Gasteiger partial charge in [-0.1, -0.05) is 0 Å². The third-order valence-electron chi connectivity index (χ3n) is 1.89. The standard InChI is InChI=1S/C12H18FN3S.HI/c1-9(2)16-12(14)15-7-8-17-11-5-3-10(13)4-6-11;/h3-6,9H,7-8H2,1-2H3,(H3,14,15,16);1H. The van der Waals surface area contributed by atoms with Gasteiger partial charge in [-0.25, -0.2) is 4.39 Å². The summed E-state index contributed by atoms with van der Waals surface area (Å²) in [5.41, 5.74) is 5.65. The Balaban J connectivity index is 0.00000289. The first-order chi connectivity index (χ1) is 8.08. The van der Waals surface area contributed by atoms with Gasteiger partial charge in [0.25, 0.3) is 0 Å². The normalized spacial score (nSPS) is 11.2. The van der Waals surface area contributed by atoms with Crippen molar-refractivity contribution in [3.63, 3.8) is 0 Å². The zero-order chi connectivity index (χ0) is 12.7. The molecule has 0 spiro atoms. The van der Waals surface area contributed by atoms with E-state index in [1.165, 1.54) is 12.1 Å². The maximum absolute atomic E-state index is 12.6. The number of nitrogens with one attached hydrogen (secondary N) is 1. The number of halogens is 2. The molecule has 0 aliphatic carbocycles. The Kier molecular flexibility index (Phi) is 9.17. The third-order valence-corrected chi connectivity index (χ3v) is 2.88. The Morgan fingerprint density at radius 2 is 2.00 bits per heavy atom. The topological polar surface area (TPSA) is 50.4 Å². The van der Waals surface area contributed by atoms with Gasteiger partial charge in [-0.3, -0.25) is 4.99 Å². The molecule has 0 atom stereocenters. The van der Waals surface area contributed by atoms with Crippen molar-refractivity contribution in [2.75, 3.05) is 12.3 Å². The fourth-order valence-electron chi connectivity index (χ4n) is 1.20. The molecule has 102 valence electrons. The molecule has 18 heavy (non-hydrogen) atoms. The second kappa shape index (κ2) is 9.43. The quantitative estimate of drug-likeness (QED) is 0.270. The Hall–Kier alpha value is -0.500. The second-order valence-corrected chi connectivity index (χ2v) is 5.04. The number of hydrogen-bond acceptors (Lipinski definition) is 2. The summed E-state index contributed by atoms with van der Waals surface area (Å²) >= 11 is 1.63. The summed E-state index contributed by atoms with van der Waals surface area (Å²) in [5.74, 6) is 1.09. The first-order valence-corrected chi connectivity index (χ1v) is 6.51. The largest absolute Gasteiger partial charge is 0.370 e. The van der Waals surface area contributed by atoms with Crippen molar-refractivity contribution in [1.29, 1.82) is 0 Å². The number of hydrogen-bond donors (Lipinski definition) is 2. The number of benzene rings is 1. The lowest BCUT2D eigenvalue weighted by Crippen LogP contribution is -2.36. The molecule has 1 aromatic rings. The number of nitrogens with zero attached hydrogens (tertiary/aromatic N) is 1. The molecule has 0 radical (unpaired) electrons. The molecule has 0 aromatic heterocycles. The van der Waals surface area contributed by atoms with Gasteiger partial charge >= 0.3 is 0 Å². The van der Waals surface area contributed by atoms with E-state index in [1.54, 1.807) is 23.9 Å². The molecule has 0 saturated carbocycles. The molecule has 3 N–H and O–H groups in total. The summed E-state index contributed by atoms with van der Waals surface area (Å²) in [5, 5.41) is 3.02. The molecule has 1 rings (SSSR count). The monoisotopic (exact) mass is 383 g/mol. The van der Waals surface area contributed by atoms with Gasteiger partial charge in [0.2, 0.25) is 0 Å². The van der Waals surface area contributed by atoms with Crippen molar-refractivity contribution < 1.29 is 4.39 Å². The smallest absolute Gasteiger partial charge is 0.188 e. The lowest BCUT2D eigenvalue weighted by atomic mass is 10.4. The Morgan fingerprint density at radius 3 is 2.56 bits per heavy atom. The lowest BCUT2D eigenvalue weighted by Gasteiger charge is -2.08. The highest BCUT2D eigenvalue weighted by Crippen LogP contribution is 2.17. The Morgan fingerprint density at radius 1 is 1.39 bits per heavy atom. The van der Waals surface area contributed by atoms with E-state index in [2.05, 4.69) is 10.3 Å². The minimum Gasteiger partial charge on any atom is -0.370 e. The maximum Gasteiger partial charge on any atom is 0.188 e. The van der Waals surface area contributed by atoms with E-state index in [0.717, 1.165) is 10.6 Å². The Labute approximate surface area is 129 Å². The first kappa shape index (κ1) is 17.5. The number of aliphatic imine (C=N–C) groups is 1. The van der Waals surface area contributed by atoms with Gasteiger partial charge in [-0.15, -0.1) is 35.7 Å². The zero-order valence-corrected chi connectivity index (χ0v) is 13.7. The summed E-state index contributed by atoms with van der Waals surface area (Å²) in [4.78, 5) is 5.22. The molecule has 0 aliphatic heterocycles. The van der Waals surface area contributed by atoms with Crippen LogP contribution in [0.4, 0.5) is 4.39 Å². The molecule has 0 unspecified atom stereocenters. The van der Waals surface area contributed by atoms with E-state index in [9.17, 15) is 4.39 Å². The average Bonchev–Trinajstić information content (AvgIpc) is 2.26. The van der Waals surface area contributed by atoms with E-state index in [0.29, 0.717) is 18.5 Å². The van der Waals surface area contributed by atoms with Crippen LogP contribution in [-0.4, -0.2) is 24.3 Å². The van der Waals surface area contributed by atoms with Crippen LogP contribution in [-0.2, 0) is 0 Å². The van der Waals surface area contributed by atoms with Crippen molar-refractivity contribution in [2.24, 2.45) is 10.7 Å². The van der Waals surface area contributed by atoms with Gasteiger partial charge in [0.1, 0.15) is 5.82 Å². The van der Waals surface area contributed by atoms with Gasteiger partial charge in [-0.05, 0) is 38.1 Å². The molecule has 0 heterocycles. The second-order valence-electron chi connectivity index (χ2n) is 3.87. The lowest BCUT2D eigenvalue weighted by molar-refractivity contribution is 0.626. The SMILES string of the molecule is CC(C)NC(N)=NCCSc1ccc(F)cc1.I. The van der Waals surface area contributed by atoms with E-state index >= 15 is 0 Å². The molecule has 3 nitrogen and oxygen atoms in total. The third kappa shape index (κ3) is 7.75. The average molecular weight is 383 g/mol. The van der Waals surface area contributed by atoms with E-state index < -0.39 is 0 Å². The van der Waals surface area contributed by atoms with E-state index in [1.807, 2.05) is 13.8 Å². The minimum atomic E-state index is -0.210. The number of rotatable bonds is 5. The Bertz CT molecular complexity index is 368. The fourth-order valence-corrected chi connectivity index (χ4v) is 1.95. The summed E-state index contributed by atoms with van der Waals surface area (Å²) < 4.78 is 12.6. The molecular weight excluding hydrogens is 364 g/mol. The van der Waals surface area contributed by atoms with Gasteiger partial charge in [-0.2, -0.15) is 0 Å². The van der Waals surface area contributed by atoms with E-state index in [-0.39, 0.29) is 29.8 Å². The summed E-state index contributed by atoms with van der Waals surface area (Å²) in [6.07, 6.45) is 0. The first-order valence-electron chi connectivity index (χ1n) is 5.53. The molecule has 0 bridgehead atoms. The van der Waals surface area contributed by atoms with Crippen molar-refractivity contribution >= 4 is 41.7 Å². The van der Waals surface area contributed by atoms with Crippen LogP contribution in [0.3, 0.4) is 0 Å². The fraction of sp³-hybridized carbons (Fsp3) is 0.417. The zero-order valence-electron chi connectivity index (χ0n) is 10.5. The van der Waals surface area contributed by atoms with Gasteiger partial charge in [0, 0.05) is 16.7 Å².